The van der Waals surface area contributed by atoms with Gasteiger partial charge in [0.25, 0.3) is 0 Å². The Morgan fingerprint density at radius 3 is 2.18 bits per heavy atom. The molecule has 1 unspecified atom stereocenters. The van der Waals surface area contributed by atoms with E-state index in [1.807, 2.05) is 0 Å². The Bertz CT molecular complexity index is 140. The van der Waals surface area contributed by atoms with Crippen molar-refractivity contribution in [2.24, 2.45) is 5.92 Å². The minimum Gasteiger partial charge on any atom is -0.481 e. The third kappa shape index (κ3) is 4.70. The number of aliphatic carboxylic acids is 1. The van der Waals surface area contributed by atoms with Crippen LogP contribution in [0.4, 0.5) is 8.78 Å². The lowest BCUT2D eigenvalue weighted by atomic mass is 9.99. The summed E-state index contributed by atoms with van der Waals surface area (Å²) in [5.74, 6) is -4.94. The number of carboxylic acids is 1. The van der Waals surface area contributed by atoms with Crippen molar-refractivity contribution in [2.75, 3.05) is 0 Å². The molecule has 0 aliphatic rings. The monoisotopic (exact) mass is 166 g/mol. The van der Waals surface area contributed by atoms with E-state index in [4.69, 9.17) is 5.11 Å². The molecule has 0 saturated carbocycles. The maximum atomic E-state index is 12.3. The molecule has 0 radical (unpaired) electrons. The van der Waals surface area contributed by atoms with Gasteiger partial charge in [-0.1, -0.05) is 6.92 Å². The van der Waals surface area contributed by atoms with Gasteiger partial charge in [-0.2, -0.15) is 0 Å². The summed E-state index contributed by atoms with van der Waals surface area (Å²) in [6.07, 6.45) is -0.322. The van der Waals surface area contributed by atoms with Crippen LogP contribution >= 0.6 is 0 Å². The minimum atomic E-state index is -2.88. The van der Waals surface area contributed by atoms with Crippen molar-refractivity contribution in [3.63, 3.8) is 0 Å². The second-order valence-electron chi connectivity index (χ2n) is 2.72. The second kappa shape index (κ2) is 3.64. The van der Waals surface area contributed by atoms with E-state index in [-0.39, 0.29) is 6.42 Å². The first-order valence-electron chi connectivity index (χ1n) is 3.47. The zero-order valence-corrected chi connectivity index (χ0v) is 6.60. The molecule has 0 aromatic carbocycles. The fraction of sp³-hybridized carbons (Fsp3) is 0.857. The fourth-order valence-electron chi connectivity index (χ4n) is 0.839. The first-order valence-corrected chi connectivity index (χ1v) is 3.47. The van der Waals surface area contributed by atoms with Crippen molar-refractivity contribution in [2.45, 2.75) is 32.6 Å². The van der Waals surface area contributed by atoms with Gasteiger partial charge in [0, 0.05) is 6.42 Å². The van der Waals surface area contributed by atoms with Crippen LogP contribution in [0.3, 0.4) is 0 Å². The Morgan fingerprint density at radius 2 is 2.09 bits per heavy atom. The summed E-state index contributed by atoms with van der Waals surface area (Å²) in [7, 11) is 0. The molecule has 2 nitrogen and oxygen atoms in total. The van der Waals surface area contributed by atoms with Crippen molar-refractivity contribution in [1.82, 2.24) is 0 Å². The topological polar surface area (TPSA) is 37.3 Å². The van der Waals surface area contributed by atoms with E-state index >= 15 is 0 Å². The molecular weight excluding hydrogens is 154 g/mol. The number of hydrogen-bond donors (Lipinski definition) is 1. The SMILES string of the molecule is CCC(CC(C)(F)F)C(=O)O. The third-order valence-corrected chi connectivity index (χ3v) is 1.45. The minimum absolute atomic E-state index is 0.249. The maximum absolute atomic E-state index is 12.3. The molecule has 0 aliphatic carbocycles. The quantitative estimate of drug-likeness (QED) is 0.694. The van der Waals surface area contributed by atoms with Crippen LogP contribution in [0.25, 0.3) is 0 Å². The standard InChI is InChI=1S/C7H12F2O2/c1-3-5(6(10)11)4-7(2,8)9/h5H,3-4H2,1-2H3,(H,10,11). The van der Waals surface area contributed by atoms with Crippen LogP contribution in [0.1, 0.15) is 26.7 Å². The Hall–Kier alpha value is -0.670. The Balaban J connectivity index is 3.99. The summed E-state index contributed by atoms with van der Waals surface area (Å²) < 4.78 is 24.5. The van der Waals surface area contributed by atoms with Crippen LogP contribution in [-0.4, -0.2) is 17.0 Å². The van der Waals surface area contributed by atoms with Gasteiger partial charge in [0.2, 0.25) is 5.92 Å². The summed E-state index contributed by atoms with van der Waals surface area (Å²) in [6, 6.07) is 0. The van der Waals surface area contributed by atoms with E-state index in [1.54, 1.807) is 6.92 Å². The lowest BCUT2D eigenvalue weighted by Crippen LogP contribution is -2.22. The number of carboxylic acid groups (broad SMARTS) is 1. The number of carbonyl (C=O) groups is 1. The van der Waals surface area contributed by atoms with E-state index in [1.165, 1.54) is 0 Å². The van der Waals surface area contributed by atoms with Gasteiger partial charge in [0.15, 0.2) is 0 Å². The van der Waals surface area contributed by atoms with Crippen molar-refractivity contribution < 1.29 is 18.7 Å². The highest BCUT2D eigenvalue weighted by atomic mass is 19.3. The smallest absolute Gasteiger partial charge is 0.306 e. The Labute approximate surface area is 64.2 Å². The van der Waals surface area contributed by atoms with Crippen LogP contribution in [0.5, 0.6) is 0 Å². The fourth-order valence-corrected chi connectivity index (χ4v) is 0.839. The molecule has 0 spiro atoms. The molecule has 11 heavy (non-hydrogen) atoms. The highest BCUT2D eigenvalue weighted by Crippen LogP contribution is 2.24. The molecule has 0 saturated heterocycles. The zero-order valence-electron chi connectivity index (χ0n) is 6.60. The molecule has 0 rings (SSSR count). The highest BCUT2D eigenvalue weighted by molar-refractivity contribution is 5.69. The summed E-state index contributed by atoms with van der Waals surface area (Å²) >= 11 is 0. The van der Waals surface area contributed by atoms with Crippen molar-refractivity contribution in [1.29, 1.82) is 0 Å². The van der Waals surface area contributed by atoms with Gasteiger partial charge in [-0.3, -0.25) is 4.79 Å². The lowest BCUT2D eigenvalue weighted by Gasteiger charge is -2.14. The Morgan fingerprint density at radius 1 is 1.64 bits per heavy atom. The predicted molar refractivity (Wildman–Crippen MR) is 36.7 cm³/mol. The summed E-state index contributed by atoms with van der Waals surface area (Å²) in [5, 5.41) is 8.40. The molecule has 0 fully saturated rings. The molecule has 0 aliphatic heterocycles. The number of rotatable bonds is 4. The van der Waals surface area contributed by atoms with Crippen LogP contribution in [0.15, 0.2) is 0 Å². The van der Waals surface area contributed by atoms with Gasteiger partial charge in [-0.05, 0) is 13.3 Å². The molecular formula is C7H12F2O2. The number of hydrogen-bond acceptors (Lipinski definition) is 1. The lowest BCUT2D eigenvalue weighted by molar-refractivity contribution is -0.145. The summed E-state index contributed by atoms with van der Waals surface area (Å²) in [4.78, 5) is 10.3. The van der Waals surface area contributed by atoms with E-state index in [0.717, 1.165) is 6.92 Å². The van der Waals surface area contributed by atoms with Gasteiger partial charge in [0.1, 0.15) is 0 Å². The summed E-state index contributed by atoms with van der Waals surface area (Å²) in [5.41, 5.74) is 0. The zero-order chi connectivity index (χ0) is 9.07. The number of halogens is 2. The van der Waals surface area contributed by atoms with Crippen LogP contribution < -0.4 is 0 Å². The first kappa shape index (κ1) is 10.3. The molecule has 1 N–H and O–H groups in total. The second-order valence-corrected chi connectivity index (χ2v) is 2.72. The average Bonchev–Trinajstić information content (AvgIpc) is 1.80. The van der Waals surface area contributed by atoms with Gasteiger partial charge >= 0.3 is 5.97 Å². The van der Waals surface area contributed by atoms with E-state index < -0.39 is 24.2 Å². The molecule has 0 bridgehead atoms. The predicted octanol–water partition coefficient (Wildman–Crippen LogP) is 2.14. The Kier molecular flexibility index (Phi) is 3.42. The van der Waals surface area contributed by atoms with E-state index in [9.17, 15) is 13.6 Å². The van der Waals surface area contributed by atoms with Gasteiger partial charge < -0.3 is 5.11 Å². The van der Waals surface area contributed by atoms with Crippen LogP contribution in [-0.2, 0) is 4.79 Å². The van der Waals surface area contributed by atoms with Gasteiger partial charge in [-0.25, -0.2) is 8.78 Å². The summed E-state index contributed by atoms with van der Waals surface area (Å²) in [6.45, 7) is 2.32. The first-order chi connectivity index (χ1) is 4.87. The maximum Gasteiger partial charge on any atom is 0.306 e. The highest BCUT2D eigenvalue weighted by Gasteiger charge is 2.29. The molecule has 0 amide bonds. The molecule has 0 heterocycles. The molecule has 4 heteroatoms. The van der Waals surface area contributed by atoms with E-state index in [0.29, 0.717) is 0 Å². The molecule has 66 valence electrons. The third-order valence-electron chi connectivity index (χ3n) is 1.45. The van der Waals surface area contributed by atoms with Crippen molar-refractivity contribution in [3.05, 3.63) is 0 Å². The van der Waals surface area contributed by atoms with Crippen LogP contribution in [0.2, 0.25) is 0 Å². The number of alkyl halides is 2. The van der Waals surface area contributed by atoms with Crippen molar-refractivity contribution >= 4 is 5.97 Å². The van der Waals surface area contributed by atoms with Crippen LogP contribution in [0, 0.1) is 5.92 Å². The normalized spacial score (nSPS) is 14.5. The largest absolute Gasteiger partial charge is 0.481 e. The molecule has 1 atom stereocenters. The van der Waals surface area contributed by atoms with Crippen molar-refractivity contribution in [3.8, 4) is 0 Å². The molecule has 0 aromatic rings. The average molecular weight is 166 g/mol. The van der Waals surface area contributed by atoms with Gasteiger partial charge in [0.05, 0.1) is 5.92 Å². The van der Waals surface area contributed by atoms with Gasteiger partial charge in [-0.15, -0.1) is 0 Å². The van der Waals surface area contributed by atoms with E-state index in [2.05, 4.69) is 0 Å². The molecule has 0 aromatic heterocycles.